The number of imide groups is 2. The van der Waals surface area contributed by atoms with Gasteiger partial charge in [-0.25, -0.2) is 13.2 Å². The van der Waals surface area contributed by atoms with Gasteiger partial charge in [-0.3, -0.25) is 43.8 Å². The van der Waals surface area contributed by atoms with Crippen molar-refractivity contribution in [3.63, 3.8) is 0 Å². The van der Waals surface area contributed by atoms with Gasteiger partial charge in [0.1, 0.15) is 24.1 Å². The predicted octanol–water partition coefficient (Wildman–Crippen LogP) is 6.30. The lowest BCUT2D eigenvalue weighted by atomic mass is 9.98. The number of anilines is 2. The van der Waals surface area contributed by atoms with Crippen LogP contribution in [-0.4, -0.2) is 105 Å². The summed E-state index contributed by atoms with van der Waals surface area (Å²) >= 11 is 0. The number of carbonyl (C=O) groups is 5. The first-order valence-electron chi connectivity index (χ1n) is 19.9. The third kappa shape index (κ3) is 10.1. The topological polar surface area (TPSA) is 203 Å². The van der Waals surface area contributed by atoms with Crippen molar-refractivity contribution >= 4 is 64.8 Å². The third-order valence-electron chi connectivity index (χ3n) is 10.7. The molecule has 320 valence electrons. The molecule has 1 unspecified atom stereocenters. The van der Waals surface area contributed by atoms with Crippen molar-refractivity contribution in [3.05, 3.63) is 87.5 Å². The standard InChI is InChI=1S/C42H51N5O11SSi/c1-42(2,3)58-41(52)28-10-13-30(14-11-28)44-20-18-27(19-21-44)25-59(55,56)43-34-9-7-8-31(37(34)47(53)54)29-12-15-32-33(24-29)39(50)46(38(32)49)35-16-17-36(48)45(40(35)51)26-57-22-23-60(4,5)6/h7-15,24,27,35,43H,16-23,25-26H2,1-6H3. The van der Waals surface area contributed by atoms with E-state index in [9.17, 15) is 42.5 Å². The van der Waals surface area contributed by atoms with E-state index in [0.717, 1.165) is 21.5 Å². The number of nitro groups is 1. The van der Waals surface area contributed by atoms with Crippen LogP contribution in [0.3, 0.4) is 0 Å². The van der Waals surface area contributed by atoms with Crippen molar-refractivity contribution in [2.75, 3.05) is 41.8 Å². The number of amides is 4. The van der Waals surface area contributed by atoms with Gasteiger partial charge < -0.3 is 14.4 Å². The molecule has 0 aromatic heterocycles. The van der Waals surface area contributed by atoms with Gasteiger partial charge >= 0.3 is 11.7 Å². The lowest BCUT2D eigenvalue weighted by Gasteiger charge is -2.34. The van der Waals surface area contributed by atoms with Crippen LogP contribution in [0.2, 0.25) is 25.7 Å². The second kappa shape index (κ2) is 17.3. The number of ether oxygens (including phenoxy) is 2. The van der Waals surface area contributed by atoms with E-state index < -0.39 is 69.9 Å². The Kier molecular flexibility index (Phi) is 12.7. The van der Waals surface area contributed by atoms with Crippen LogP contribution in [0.4, 0.5) is 17.1 Å². The smallest absolute Gasteiger partial charge is 0.338 e. The van der Waals surface area contributed by atoms with E-state index in [0.29, 0.717) is 38.1 Å². The first kappa shape index (κ1) is 44.1. The summed E-state index contributed by atoms with van der Waals surface area (Å²) in [5, 5.41) is 12.6. The van der Waals surface area contributed by atoms with Gasteiger partial charge in [0.25, 0.3) is 17.7 Å². The maximum atomic E-state index is 13.8. The molecular weight excluding hydrogens is 811 g/mol. The SMILES string of the molecule is CC(C)(C)OC(=O)c1ccc(N2CCC(CS(=O)(=O)Nc3cccc(-c4ccc5c(c4)C(=O)N(C4CCC(=O)N(COCC[Si](C)(C)C)C4=O)C5=O)c3[N+](=O)[O-])CC2)cc1. The molecular formula is C42H51N5O11SSi. The Morgan fingerprint density at radius 2 is 1.58 bits per heavy atom. The Labute approximate surface area is 350 Å². The summed E-state index contributed by atoms with van der Waals surface area (Å²) in [6, 6.07) is 14.9. The van der Waals surface area contributed by atoms with Gasteiger partial charge in [-0.15, -0.1) is 0 Å². The molecule has 3 aromatic rings. The fraction of sp³-hybridized carbons (Fsp3) is 0.452. The molecule has 2 fully saturated rings. The van der Waals surface area contributed by atoms with Crippen molar-refractivity contribution in [1.29, 1.82) is 0 Å². The number of fused-ring (bicyclic) bond motifs is 1. The van der Waals surface area contributed by atoms with Crippen LogP contribution in [0.15, 0.2) is 60.7 Å². The van der Waals surface area contributed by atoms with E-state index in [2.05, 4.69) is 29.3 Å². The molecule has 1 N–H and O–H groups in total. The van der Waals surface area contributed by atoms with Gasteiger partial charge in [0, 0.05) is 39.9 Å². The molecule has 4 amide bonds. The number of esters is 1. The van der Waals surface area contributed by atoms with E-state index >= 15 is 0 Å². The molecule has 0 aliphatic carbocycles. The fourth-order valence-corrected chi connectivity index (χ4v) is 9.81. The van der Waals surface area contributed by atoms with Crippen molar-refractivity contribution in [2.24, 2.45) is 5.92 Å². The van der Waals surface area contributed by atoms with Gasteiger partial charge in [0.05, 0.1) is 32.9 Å². The number of nitro benzene ring substituents is 1. The van der Waals surface area contributed by atoms with Crippen LogP contribution >= 0.6 is 0 Å². The maximum absolute atomic E-state index is 13.8. The molecule has 18 heteroatoms. The van der Waals surface area contributed by atoms with E-state index in [1.54, 1.807) is 32.9 Å². The maximum Gasteiger partial charge on any atom is 0.338 e. The Morgan fingerprint density at radius 3 is 2.22 bits per heavy atom. The van der Waals surface area contributed by atoms with Crippen molar-refractivity contribution in [1.82, 2.24) is 9.80 Å². The number of nitrogens with zero attached hydrogens (tertiary/aromatic N) is 4. The molecule has 0 spiro atoms. The monoisotopic (exact) mass is 861 g/mol. The molecule has 16 nitrogen and oxygen atoms in total. The zero-order chi connectivity index (χ0) is 43.7. The Balaban J connectivity index is 1.12. The Hall–Kier alpha value is -5.46. The Bertz CT molecular complexity index is 2310. The van der Waals surface area contributed by atoms with Gasteiger partial charge in [-0.05, 0) is 106 Å². The highest BCUT2D eigenvalue weighted by molar-refractivity contribution is 7.92. The second-order valence-electron chi connectivity index (χ2n) is 17.6. The van der Waals surface area contributed by atoms with Crippen LogP contribution < -0.4 is 9.62 Å². The summed E-state index contributed by atoms with van der Waals surface area (Å²) < 4.78 is 40.5. The number of likely N-dealkylation sites (tertiary alicyclic amines) is 1. The zero-order valence-corrected chi connectivity index (χ0v) is 36.5. The second-order valence-corrected chi connectivity index (χ2v) is 25.0. The average Bonchev–Trinajstić information content (AvgIpc) is 3.41. The highest BCUT2D eigenvalue weighted by atomic mass is 32.2. The molecule has 60 heavy (non-hydrogen) atoms. The van der Waals surface area contributed by atoms with Crippen LogP contribution in [0.25, 0.3) is 11.1 Å². The van der Waals surface area contributed by atoms with Crippen molar-refractivity contribution in [3.8, 4) is 11.1 Å². The fourth-order valence-electron chi connectivity index (χ4n) is 7.52. The Morgan fingerprint density at radius 1 is 0.917 bits per heavy atom. The number of carbonyl (C=O) groups excluding carboxylic acids is 5. The molecule has 0 radical (unpaired) electrons. The van der Waals surface area contributed by atoms with Gasteiger partial charge in [-0.2, -0.15) is 0 Å². The number of para-hydroxylation sites is 1. The van der Waals surface area contributed by atoms with Crippen LogP contribution in [0.1, 0.15) is 77.5 Å². The molecule has 3 aliphatic rings. The number of sulfonamides is 1. The minimum Gasteiger partial charge on any atom is -0.456 e. The quantitative estimate of drug-likeness (QED) is 0.0474. The van der Waals surface area contributed by atoms with Crippen LogP contribution in [-0.2, 0) is 29.1 Å². The molecule has 1 atom stereocenters. The lowest BCUT2D eigenvalue weighted by Crippen LogP contribution is -2.56. The van der Waals surface area contributed by atoms with E-state index in [1.165, 1.54) is 36.4 Å². The average molecular weight is 862 g/mol. The molecule has 0 saturated carbocycles. The summed E-state index contributed by atoms with van der Waals surface area (Å²) in [6.45, 7) is 13.1. The highest BCUT2D eigenvalue weighted by Gasteiger charge is 2.47. The summed E-state index contributed by atoms with van der Waals surface area (Å²) in [5.41, 5.74) is 0.0111. The summed E-state index contributed by atoms with van der Waals surface area (Å²) in [6.07, 6.45) is 0.957. The molecule has 6 rings (SSSR count). The number of rotatable bonds is 14. The van der Waals surface area contributed by atoms with Crippen molar-refractivity contribution < 1.29 is 46.8 Å². The van der Waals surface area contributed by atoms with Gasteiger partial charge in [0.15, 0.2) is 0 Å². The predicted molar refractivity (Wildman–Crippen MR) is 227 cm³/mol. The number of hydrogen-bond donors (Lipinski definition) is 1. The van der Waals surface area contributed by atoms with Crippen LogP contribution in [0, 0.1) is 16.0 Å². The van der Waals surface area contributed by atoms with E-state index in [-0.39, 0.29) is 59.2 Å². The number of benzene rings is 3. The number of hydrogen-bond acceptors (Lipinski definition) is 12. The minimum atomic E-state index is -4.07. The highest BCUT2D eigenvalue weighted by Crippen LogP contribution is 2.39. The molecule has 3 heterocycles. The first-order valence-corrected chi connectivity index (χ1v) is 25.3. The van der Waals surface area contributed by atoms with E-state index in [1.807, 2.05) is 12.1 Å². The zero-order valence-electron chi connectivity index (χ0n) is 34.7. The van der Waals surface area contributed by atoms with Gasteiger partial charge in [0.2, 0.25) is 15.9 Å². The minimum absolute atomic E-state index is 0.00485. The van der Waals surface area contributed by atoms with Crippen molar-refractivity contribution in [2.45, 2.75) is 83.8 Å². The lowest BCUT2D eigenvalue weighted by molar-refractivity contribution is -0.383. The third-order valence-corrected chi connectivity index (χ3v) is 13.8. The number of nitrogens with one attached hydrogen (secondary N) is 1. The van der Waals surface area contributed by atoms with Crippen LogP contribution in [0.5, 0.6) is 0 Å². The molecule has 3 aliphatic heterocycles. The van der Waals surface area contributed by atoms with Gasteiger partial charge in [-0.1, -0.05) is 31.8 Å². The first-order chi connectivity index (χ1) is 28.1. The molecule has 3 aromatic carbocycles. The summed E-state index contributed by atoms with van der Waals surface area (Å²) in [5.74, 6) is -3.61. The normalized spacial score (nSPS) is 17.9. The summed E-state index contributed by atoms with van der Waals surface area (Å²) in [7, 11) is -5.51. The van der Waals surface area contributed by atoms with E-state index in [4.69, 9.17) is 9.47 Å². The number of piperidine rings is 2. The summed E-state index contributed by atoms with van der Waals surface area (Å²) in [4.78, 5) is 81.8. The largest absolute Gasteiger partial charge is 0.456 e. The molecule has 2 saturated heterocycles. The molecule has 0 bridgehead atoms.